The van der Waals surface area contributed by atoms with Crippen molar-refractivity contribution >= 4 is 33.8 Å². The molecule has 3 aromatic carbocycles. The third-order valence-corrected chi connectivity index (χ3v) is 4.35. The first kappa shape index (κ1) is 17.7. The Morgan fingerprint density at radius 3 is 2.75 bits per heavy atom. The van der Waals surface area contributed by atoms with Crippen molar-refractivity contribution in [3.63, 3.8) is 0 Å². The molecule has 0 bridgehead atoms. The van der Waals surface area contributed by atoms with Crippen molar-refractivity contribution in [2.45, 2.75) is 6.61 Å². The minimum absolute atomic E-state index is 0.0809. The van der Waals surface area contributed by atoms with Crippen LogP contribution < -0.4 is 5.63 Å². The summed E-state index contributed by atoms with van der Waals surface area (Å²) >= 11 is 0. The van der Waals surface area contributed by atoms with Crippen LogP contribution in [-0.4, -0.2) is 5.97 Å². The molecule has 5 heteroatoms. The fraction of sp³-hybridized carbons (Fsp3) is 0.0435. The van der Waals surface area contributed by atoms with Crippen molar-refractivity contribution < 1.29 is 18.3 Å². The molecule has 0 saturated carbocycles. The lowest BCUT2D eigenvalue weighted by molar-refractivity contribution is -0.138. The number of fused-ring (bicyclic) bond motifs is 3. The molecule has 1 aromatic heterocycles. The van der Waals surface area contributed by atoms with E-state index in [-0.39, 0.29) is 12.4 Å². The van der Waals surface area contributed by atoms with Crippen molar-refractivity contribution in [2.75, 3.05) is 0 Å². The van der Waals surface area contributed by atoms with Gasteiger partial charge in [-0.2, -0.15) is 0 Å². The van der Waals surface area contributed by atoms with Gasteiger partial charge in [0.05, 0.1) is 0 Å². The summed E-state index contributed by atoms with van der Waals surface area (Å²) in [6.07, 6.45) is 2.69. The Morgan fingerprint density at radius 2 is 1.89 bits per heavy atom. The fourth-order valence-corrected chi connectivity index (χ4v) is 3.11. The van der Waals surface area contributed by atoms with Crippen LogP contribution in [0.1, 0.15) is 11.1 Å². The van der Waals surface area contributed by atoms with Crippen molar-refractivity contribution in [3.05, 3.63) is 100 Å². The third kappa shape index (κ3) is 3.69. The molecule has 28 heavy (non-hydrogen) atoms. The first-order chi connectivity index (χ1) is 13.6. The first-order valence-electron chi connectivity index (χ1n) is 8.65. The largest absolute Gasteiger partial charge is 0.458 e. The molecule has 138 valence electrons. The van der Waals surface area contributed by atoms with Gasteiger partial charge in [-0.15, -0.1) is 0 Å². The predicted octanol–water partition coefficient (Wildman–Crippen LogP) is 4.84. The predicted molar refractivity (Wildman–Crippen MR) is 105 cm³/mol. The summed E-state index contributed by atoms with van der Waals surface area (Å²) in [5.74, 6) is -0.976. The molecule has 0 aliphatic rings. The molecule has 0 spiro atoms. The second-order valence-corrected chi connectivity index (χ2v) is 6.25. The Bertz CT molecular complexity index is 1270. The smallest absolute Gasteiger partial charge is 0.336 e. The molecule has 0 unspecified atom stereocenters. The highest BCUT2D eigenvalue weighted by molar-refractivity contribution is 6.07. The van der Waals surface area contributed by atoms with E-state index in [1.807, 2.05) is 30.3 Å². The van der Waals surface area contributed by atoms with Crippen LogP contribution in [-0.2, 0) is 16.1 Å². The first-order valence-corrected chi connectivity index (χ1v) is 8.65. The molecule has 0 N–H and O–H groups in total. The van der Waals surface area contributed by atoms with E-state index in [0.29, 0.717) is 16.7 Å². The summed E-state index contributed by atoms with van der Waals surface area (Å²) in [6.45, 7) is -0.0809. The van der Waals surface area contributed by atoms with E-state index in [4.69, 9.17) is 9.15 Å². The Labute approximate surface area is 159 Å². The molecule has 4 aromatic rings. The SMILES string of the molecule is O=C(/C=C/c1cccc(F)c1)OCc1cc(=O)oc2ccc3ccccc3c12. The van der Waals surface area contributed by atoms with Gasteiger partial charge in [-0.1, -0.05) is 42.5 Å². The van der Waals surface area contributed by atoms with Crippen LogP contribution in [0.3, 0.4) is 0 Å². The zero-order valence-corrected chi connectivity index (χ0v) is 14.7. The lowest BCUT2D eigenvalue weighted by atomic mass is 10.0. The Hall–Kier alpha value is -3.73. The van der Waals surface area contributed by atoms with E-state index in [1.165, 1.54) is 30.4 Å². The second-order valence-electron chi connectivity index (χ2n) is 6.25. The Morgan fingerprint density at radius 1 is 1.04 bits per heavy atom. The van der Waals surface area contributed by atoms with E-state index in [0.717, 1.165) is 16.2 Å². The van der Waals surface area contributed by atoms with Gasteiger partial charge in [0.25, 0.3) is 0 Å². The van der Waals surface area contributed by atoms with Crippen LogP contribution in [0.5, 0.6) is 0 Å². The normalized spacial score (nSPS) is 11.3. The maximum absolute atomic E-state index is 13.2. The minimum Gasteiger partial charge on any atom is -0.458 e. The summed E-state index contributed by atoms with van der Waals surface area (Å²) in [5, 5.41) is 2.63. The number of hydrogen-bond donors (Lipinski definition) is 0. The topological polar surface area (TPSA) is 56.5 Å². The highest BCUT2D eigenvalue weighted by Gasteiger charge is 2.11. The maximum atomic E-state index is 13.2. The van der Waals surface area contributed by atoms with E-state index in [9.17, 15) is 14.0 Å². The number of benzene rings is 3. The molecule has 0 amide bonds. The number of halogens is 1. The van der Waals surface area contributed by atoms with Crippen molar-refractivity contribution in [2.24, 2.45) is 0 Å². The number of rotatable bonds is 4. The summed E-state index contributed by atoms with van der Waals surface area (Å²) < 4.78 is 23.8. The van der Waals surface area contributed by atoms with Gasteiger partial charge in [0, 0.05) is 23.1 Å². The molecule has 0 aliphatic heterocycles. The molecule has 0 fully saturated rings. The van der Waals surface area contributed by atoms with E-state index >= 15 is 0 Å². The van der Waals surface area contributed by atoms with Gasteiger partial charge in [0.1, 0.15) is 18.0 Å². The average molecular weight is 374 g/mol. The van der Waals surface area contributed by atoms with Gasteiger partial charge < -0.3 is 9.15 Å². The summed E-state index contributed by atoms with van der Waals surface area (Å²) in [4.78, 5) is 23.9. The van der Waals surface area contributed by atoms with Crippen LogP contribution >= 0.6 is 0 Å². The van der Waals surface area contributed by atoms with E-state index in [2.05, 4.69) is 0 Å². The number of ether oxygens (including phenoxy) is 1. The van der Waals surface area contributed by atoms with Crippen LogP contribution in [0.25, 0.3) is 27.8 Å². The number of hydrogen-bond acceptors (Lipinski definition) is 4. The minimum atomic E-state index is -0.592. The zero-order valence-electron chi connectivity index (χ0n) is 14.7. The van der Waals surface area contributed by atoms with Crippen LogP contribution in [0.15, 0.2) is 82.0 Å². The molecule has 0 atom stereocenters. The molecule has 4 rings (SSSR count). The number of esters is 1. The van der Waals surface area contributed by atoms with Gasteiger partial charge in [0.15, 0.2) is 0 Å². The molecule has 0 aliphatic carbocycles. The highest BCUT2D eigenvalue weighted by Crippen LogP contribution is 2.27. The van der Waals surface area contributed by atoms with Crippen LogP contribution in [0.4, 0.5) is 4.39 Å². The zero-order chi connectivity index (χ0) is 19.5. The standard InChI is InChI=1S/C23H15FO4/c24-18-6-3-4-15(12-18)8-11-21(25)27-14-17-13-22(26)28-20-10-9-16-5-1-2-7-19(16)23(17)20/h1-13H,14H2/b11-8+. The summed E-state index contributed by atoms with van der Waals surface area (Å²) in [6, 6.07) is 18.5. The molecule has 1 heterocycles. The molecular weight excluding hydrogens is 359 g/mol. The van der Waals surface area contributed by atoms with Crippen LogP contribution in [0, 0.1) is 5.82 Å². The fourth-order valence-electron chi connectivity index (χ4n) is 3.11. The van der Waals surface area contributed by atoms with Gasteiger partial charge in [0.2, 0.25) is 0 Å². The van der Waals surface area contributed by atoms with Gasteiger partial charge in [-0.05, 0) is 40.6 Å². The van der Waals surface area contributed by atoms with Gasteiger partial charge in [-0.25, -0.2) is 14.0 Å². The average Bonchev–Trinajstić information content (AvgIpc) is 2.70. The maximum Gasteiger partial charge on any atom is 0.336 e. The Kier molecular flexibility index (Phi) is 4.72. The van der Waals surface area contributed by atoms with E-state index < -0.39 is 11.6 Å². The van der Waals surface area contributed by atoms with Crippen molar-refractivity contribution in [3.8, 4) is 0 Å². The summed E-state index contributed by atoms with van der Waals surface area (Å²) in [5.41, 5.74) is 1.04. The number of carbonyl (C=O) groups is 1. The Balaban J connectivity index is 1.62. The lowest BCUT2D eigenvalue weighted by Crippen LogP contribution is -2.06. The monoisotopic (exact) mass is 374 g/mol. The third-order valence-electron chi connectivity index (χ3n) is 4.35. The van der Waals surface area contributed by atoms with Crippen LogP contribution in [0.2, 0.25) is 0 Å². The van der Waals surface area contributed by atoms with Crippen molar-refractivity contribution in [1.29, 1.82) is 0 Å². The number of carbonyl (C=O) groups excluding carboxylic acids is 1. The van der Waals surface area contributed by atoms with Gasteiger partial charge in [-0.3, -0.25) is 0 Å². The quantitative estimate of drug-likeness (QED) is 0.222. The lowest BCUT2D eigenvalue weighted by Gasteiger charge is -2.08. The highest BCUT2D eigenvalue weighted by atomic mass is 19.1. The molecule has 4 nitrogen and oxygen atoms in total. The van der Waals surface area contributed by atoms with Gasteiger partial charge >= 0.3 is 11.6 Å². The van der Waals surface area contributed by atoms with E-state index in [1.54, 1.807) is 18.2 Å². The molecular formula is C23H15FO4. The second kappa shape index (κ2) is 7.48. The van der Waals surface area contributed by atoms with Crippen molar-refractivity contribution in [1.82, 2.24) is 0 Å². The molecule has 0 saturated heterocycles. The molecule has 0 radical (unpaired) electrons. The summed E-state index contributed by atoms with van der Waals surface area (Å²) in [7, 11) is 0.